The fourth-order valence-electron chi connectivity index (χ4n) is 2.25. The van der Waals surface area contributed by atoms with Crippen molar-refractivity contribution in [2.75, 3.05) is 10.6 Å². The lowest BCUT2D eigenvalue weighted by atomic mass is 10.2. The van der Waals surface area contributed by atoms with Gasteiger partial charge < -0.3 is 15.1 Å². The summed E-state index contributed by atoms with van der Waals surface area (Å²) in [6.45, 7) is 0. The maximum absolute atomic E-state index is 12.3. The van der Waals surface area contributed by atoms with E-state index < -0.39 is 0 Å². The number of thiocarbonyl (C=S) groups is 1. The standard InChI is InChI=1S/C19H14IN3O3S/c20-15-8-2-1-7-14(15)17(24)23-19(27)22-13-6-3-5-12(11-13)21-18(25)16-9-4-10-26-16/h1-11H,(H,21,25)(H2,22,23,24,27). The van der Waals surface area contributed by atoms with E-state index in [0.29, 0.717) is 16.9 Å². The SMILES string of the molecule is O=C(Nc1cccc(NC(=S)NC(=O)c2ccccc2I)c1)c1ccco1. The minimum Gasteiger partial charge on any atom is -0.459 e. The zero-order valence-electron chi connectivity index (χ0n) is 13.9. The van der Waals surface area contributed by atoms with Crippen LogP contribution in [0.4, 0.5) is 11.4 Å². The highest BCUT2D eigenvalue weighted by atomic mass is 127. The van der Waals surface area contributed by atoms with Gasteiger partial charge in [0.15, 0.2) is 10.9 Å². The zero-order chi connectivity index (χ0) is 19.2. The zero-order valence-corrected chi connectivity index (χ0v) is 16.8. The second-order valence-corrected chi connectivity index (χ2v) is 6.97. The van der Waals surface area contributed by atoms with E-state index in [1.165, 1.54) is 6.26 Å². The number of carbonyl (C=O) groups is 2. The highest BCUT2D eigenvalue weighted by molar-refractivity contribution is 14.1. The molecule has 8 heteroatoms. The number of nitrogens with one attached hydrogen (secondary N) is 3. The second kappa shape index (κ2) is 8.78. The van der Waals surface area contributed by atoms with Gasteiger partial charge in [0, 0.05) is 14.9 Å². The molecule has 3 N–H and O–H groups in total. The van der Waals surface area contributed by atoms with Crippen LogP contribution in [0.5, 0.6) is 0 Å². The molecular formula is C19H14IN3O3S. The van der Waals surface area contributed by atoms with Crippen LogP contribution in [0.25, 0.3) is 0 Å². The molecule has 0 aliphatic rings. The van der Waals surface area contributed by atoms with Crippen molar-refractivity contribution in [1.29, 1.82) is 0 Å². The number of furan rings is 1. The predicted octanol–water partition coefficient (Wildman–Crippen LogP) is 4.26. The van der Waals surface area contributed by atoms with Crippen molar-refractivity contribution in [3.05, 3.63) is 81.8 Å². The number of halogens is 1. The Morgan fingerprint density at radius 3 is 2.33 bits per heavy atom. The summed E-state index contributed by atoms with van der Waals surface area (Å²) in [4.78, 5) is 24.3. The molecule has 0 saturated heterocycles. The average Bonchev–Trinajstić information content (AvgIpc) is 3.17. The van der Waals surface area contributed by atoms with Gasteiger partial charge in [-0.3, -0.25) is 14.9 Å². The topological polar surface area (TPSA) is 83.4 Å². The van der Waals surface area contributed by atoms with Crippen molar-refractivity contribution < 1.29 is 14.0 Å². The Kier molecular flexibility index (Phi) is 6.20. The second-order valence-electron chi connectivity index (χ2n) is 5.40. The van der Waals surface area contributed by atoms with Crippen molar-refractivity contribution in [2.24, 2.45) is 0 Å². The van der Waals surface area contributed by atoms with Gasteiger partial charge in [0.1, 0.15) is 0 Å². The van der Waals surface area contributed by atoms with E-state index in [1.54, 1.807) is 48.5 Å². The van der Waals surface area contributed by atoms with Crippen LogP contribution in [0.2, 0.25) is 0 Å². The molecule has 3 aromatic rings. The molecule has 0 radical (unpaired) electrons. The van der Waals surface area contributed by atoms with E-state index in [-0.39, 0.29) is 22.7 Å². The number of anilines is 2. The van der Waals surface area contributed by atoms with E-state index >= 15 is 0 Å². The van der Waals surface area contributed by atoms with Crippen LogP contribution in [0, 0.1) is 3.57 Å². The molecule has 0 atom stereocenters. The molecule has 136 valence electrons. The molecule has 3 rings (SSSR count). The molecule has 0 bridgehead atoms. The molecule has 0 aliphatic heterocycles. The molecule has 0 aliphatic carbocycles. The largest absolute Gasteiger partial charge is 0.459 e. The Morgan fingerprint density at radius 1 is 0.889 bits per heavy atom. The normalized spacial score (nSPS) is 10.1. The molecule has 2 aromatic carbocycles. The van der Waals surface area contributed by atoms with Gasteiger partial charge in [-0.15, -0.1) is 0 Å². The summed E-state index contributed by atoms with van der Waals surface area (Å²) in [6.07, 6.45) is 1.43. The quantitative estimate of drug-likeness (QED) is 0.375. The summed E-state index contributed by atoms with van der Waals surface area (Å²) in [7, 11) is 0. The molecule has 1 heterocycles. The van der Waals surface area contributed by atoms with E-state index in [0.717, 1.165) is 3.57 Å². The lowest BCUT2D eigenvalue weighted by Gasteiger charge is -2.11. The first-order valence-corrected chi connectivity index (χ1v) is 9.33. The van der Waals surface area contributed by atoms with Gasteiger partial charge in [0.25, 0.3) is 11.8 Å². The van der Waals surface area contributed by atoms with Crippen LogP contribution in [0.15, 0.2) is 71.3 Å². The van der Waals surface area contributed by atoms with Gasteiger partial charge in [-0.2, -0.15) is 0 Å². The van der Waals surface area contributed by atoms with Crippen LogP contribution in [-0.4, -0.2) is 16.9 Å². The van der Waals surface area contributed by atoms with E-state index in [2.05, 4.69) is 38.5 Å². The lowest BCUT2D eigenvalue weighted by Crippen LogP contribution is -2.34. The van der Waals surface area contributed by atoms with Crippen molar-refractivity contribution in [2.45, 2.75) is 0 Å². The van der Waals surface area contributed by atoms with Crippen LogP contribution in [0.1, 0.15) is 20.9 Å². The first-order chi connectivity index (χ1) is 13.0. The Labute approximate surface area is 174 Å². The first kappa shape index (κ1) is 19.1. The molecule has 0 spiro atoms. The number of benzene rings is 2. The van der Waals surface area contributed by atoms with Crippen LogP contribution >= 0.6 is 34.8 Å². The van der Waals surface area contributed by atoms with Gasteiger partial charge in [-0.1, -0.05) is 18.2 Å². The summed E-state index contributed by atoms with van der Waals surface area (Å²) < 4.78 is 5.89. The summed E-state index contributed by atoms with van der Waals surface area (Å²) in [5.41, 5.74) is 1.73. The Balaban J connectivity index is 1.62. The maximum Gasteiger partial charge on any atom is 0.291 e. The molecule has 6 nitrogen and oxygen atoms in total. The van der Waals surface area contributed by atoms with Crippen LogP contribution in [0.3, 0.4) is 0 Å². The molecule has 1 aromatic heterocycles. The fraction of sp³-hybridized carbons (Fsp3) is 0. The number of hydrogen-bond donors (Lipinski definition) is 3. The molecule has 27 heavy (non-hydrogen) atoms. The van der Waals surface area contributed by atoms with Gasteiger partial charge >= 0.3 is 0 Å². The lowest BCUT2D eigenvalue weighted by molar-refractivity contribution is 0.0974. The van der Waals surface area contributed by atoms with Crippen molar-refractivity contribution in [3.63, 3.8) is 0 Å². The number of hydrogen-bond acceptors (Lipinski definition) is 4. The highest BCUT2D eigenvalue weighted by Gasteiger charge is 2.12. The first-order valence-electron chi connectivity index (χ1n) is 7.85. The predicted molar refractivity (Wildman–Crippen MR) is 116 cm³/mol. The summed E-state index contributed by atoms with van der Waals surface area (Å²) in [5.74, 6) is -0.430. The van der Waals surface area contributed by atoms with Gasteiger partial charge in [-0.05, 0) is 77.3 Å². The molecular weight excluding hydrogens is 477 g/mol. The third-order valence-corrected chi connectivity index (χ3v) is 4.61. The average molecular weight is 491 g/mol. The van der Waals surface area contributed by atoms with Crippen LogP contribution in [-0.2, 0) is 0 Å². The van der Waals surface area contributed by atoms with E-state index in [1.807, 2.05) is 12.1 Å². The Bertz CT molecular complexity index is 989. The van der Waals surface area contributed by atoms with Crippen LogP contribution < -0.4 is 16.0 Å². The monoisotopic (exact) mass is 491 g/mol. The third kappa shape index (κ3) is 5.14. The fourth-order valence-corrected chi connectivity index (χ4v) is 3.10. The Morgan fingerprint density at radius 2 is 1.63 bits per heavy atom. The Hall–Kier alpha value is -2.72. The van der Waals surface area contributed by atoms with Gasteiger partial charge in [0.05, 0.1) is 11.8 Å². The van der Waals surface area contributed by atoms with Crippen molar-refractivity contribution in [1.82, 2.24) is 5.32 Å². The van der Waals surface area contributed by atoms with Crippen molar-refractivity contribution >= 4 is 63.1 Å². The minimum absolute atomic E-state index is 0.161. The number of carbonyl (C=O) groups excluding carboxylic acids is 2. The summed E-state index contributed by atoms with van der Waals surface area (Å²) in [6, 6.07) is 17.4. The number of rotatable bonds is 4. The third-order valence-electron chi connectivity index (χ3n) is 3.47. The smallest absolute Gasteiger partial charge is 0.291 e. The summed E-state index contributed by atoms with van der Waals surface area (Å²) >= 11 is 7.30. The summed E-state index contributed by atoms with van der Waals surface area (Å²) in [5, 5.41) is 8.46. The molecule has 2 amide bonds. The van der Waals surface area contributed by atoms with Crippen molar-refractivity contribution in [3.8, 4) is 0 Å². The van der Waals surface area contributed by atoms with E-state index in [4.69, 9.17) is 16.6 Å². The van der Waals surface area contributed by atoms with E-state index in [9.17, 15) is 9.59 Å². The molecule has 0 fully saturated rings. The minimum atomic E-state index is -0.355. The molecule has 0 saturated carbocycles. The molecule has 0 unspecified atom stereocenters. The van der Waals surface area contributed by atoms with Gasteiger partial charge in [-0.25, -0.2) is 0 Å². The maximum atomic E-state index is 12.3. The highest BCUT2D eigenvalue weighted by Crippen LogP contribution is 2.17. The number of amides is 2. The van der Waals surface area contributed by atoms with Gasteiger partial charge in [0.2, 0.25) is 0 Å².